The summed E-state index contributed by atoms with van der Waals surface area (Å²) in [5.74, 6) is -18.7. The lowest BCUT2D eigenvalue weighted by Crippen LogP contribution is -2.50. The van der Waals surface area contributed by atoms with Crippen LogP contribution in [0.3, 0.4) is 0 Å². The van der Waals surface area contributed by atoms with Crippen LogP contribution in [0, 0.1) is 0 Å². The summed E-state index contributed by atoms with van der Waals surface area (Å²) in [7, 11) is 0. The largest absolute Gasteiger partial charge is 0.461 e. The number of rotatable bonds is 31. The fraction of sp³-hybridized carbons (Fsp3) is 0.714. The third kappa shape index (κ3) is 23.5. The number of ether oxygens (including phenoxy) is 19. The van der Waals surface area contributed by atoms with E-state index in [0.29, 0.717) is 0 Å². The third-order valence-electron chi connectivity index (χ3n) is 16.1. The Bertz CT molecular complexity index is 3490. The van der Waals surface area contributed by atoms with E-state index in [0.717, 1.165) is 83.1 Å². The van der Waals surface area contributed by atoms with E-state index in [9.17, 15) is 86.3 Å². The lowest BCUT2D eigenvalue weighted by Gasteiger charge is -2.25. The lowest BCUT2D eigenvalue weighted by atomic mass is 10.0. The Morgan fingerprint density at radius 2 is 0.454 bits per heavy atom. The quantitative estimate of drug-likeness (QED) is 0.0142. The Labute approximate surface area is 612 Å². The second kappa shape index (κ2) is 38.9. The van der Waals surface area contributed by atoms with Crippen molar-refractivity contribution in [2.45, 2.75) is 250 Å². The minimum Gasteiger partial charge on any atom is -0.461 e. The highest BCUT2D eigenvalue weighted by Crippen LogP contribution is 2.35. The van der Waals surface area contributed by atoms with Crippen molar-refractivity contribution in [2.75, 3.05) is 39.3 Å². The lowest BCUT2D eigenvalue weighted by molar-refractivity contribution is -0.172. The molecule has 598 valence electrons. The number of nitrogens with zero attached hydrogens (tertiary/aromatic N) is 3. The molecule has 45 nitrogen and oxygen atoms in total. The monoisotopic (exact) mass is 1540 g/mol. The molecule has 0 radical (unpaired) electrons. The first-order valence-electron chi connectivity index (χ1n) is 33.3. The van der Waals surface area contributed by atoms with Crippen molar-refractivity contribution in [1.82, 2.24) is 26.6 Å². The number of carbonyl (C=O) groups excluding carboxylic acids is 18. The first-order chi connectivity index (χ1) is 50.7. The molecule has 0 aromatic heterocycles. The Kier molecular flexibility index (Phi) is 31.1. The van der Waals surface area contributed by atoms with Gasteiger partial charge in [-0.25, -0.2) is 4.79 Å². The number of esters is 13. The highest BCUT2D eigenvalue weighted by molar-refractivity contribution is 5.87. The molecule has 6 fully saturated rings. The molecule has 6 heterocycles. The molecule has 108 heavy (non-hydrogen) atoms. The maximum absolute atomic E-state index is 14.4. The summed E-state index contributed by atoms with van der Waals surface area (Å²) >= 11 is 0. The zero-order valence-corrected chi connectivity index (χ0v) is 60.6. The van der Waals surface area contributed by atoms with Crippen molar-refractivity contribution < 1.29 is 176 Å². The molecule has 0 unspecified atom stereocenters. The van der Waals surface area contributed by atoms with E-state index in [1.807, 2.05) is 0 Å². The molecule has 0 aromatic carbocycles. The molecule has 6 saturated heterocycles. The average Bonchev–Trinajstić information content (AvgIpc) is 1.66. The van der Waals surface area contributed by atoms with Gasteiger partial charge in [-0.1, -0.05) is 5.11 Å². The Balaban J connectivity index is 1.19. The summed E-state index contributed by atoms with van der Waals surface area (Å²) in [6.45, 7) is 10.4. The van der Waals surface area contributed by atoms with Gasteiger partial charge in [0.2, 0.25) is 0 Å². The van der Waals surface area contributed by atoms with Gasteiger partial charge in [0, 0.05) is 121 Å². The number of hydrogen-bond acceptors (Lipinski definition) is 38. The van der Waals surface area contributed by atoms with Crippen LogP contribution in [0.2, 0.25) is 0 Å². The van der Waals surface area contributed by atoms with Crippen molar-refractivity contribution in [3.8, 4) is 0 Å². The molecule has 45 heteroatoms. The zero-order valence-electron chi connectivity index (χ0n) is 60.6. The summed E-state index contributed by atoms with van der Waals surface area (Å²) in [6, 6.07) is 0. The highest BCUT2D eigenvalue weighted by Gasteiger charge is 2.60. The molecule has 6 rings (SSSR count). The number of hydrogen-bond donors (Lipinski definition) is 5. The fourth-order valence-corrected chi connectivity index (χ4v) is 12.4. The second-order valence-electron chi connectivity index (χ2n) is 25.1. The van der Waals surface area contributed by atoms with Crippen LogP contribution < -0.4 is 26.6 Å². The Morgan fingerprint density at radius 3 is 0.639 bits per heavy atom. The van der Waals surface area contributed by atoms with Crippen molar-refractivity contribution in [2.24, 2.45) is 5.11 Å². The number of carbonyl (C=O) groups is 18. The molecule has 6 aliphatic rings. The number of nitrogens with one attached hydrogen (secondary N) is 5. The SMILES string of the molecule is CC(=O)O[C@H]1[C@H](OC(C)=O)[C@H](C(=O)NC[C@H]2O[C@@H](C(=O)NC[C@H]3O[C@@H](C(=O)NC[C@H]4O[C@@H](C(=O)NC[C@H]5O[C@@H](C(=O)NC[C@H]6O[C@@H](C(=O)OC(C)C)[C@@H](OC(C)=O)[C@@H]6OC(C)=O)[C@@H](OC(C)=O)[C@@H]5OC(C)=O)[C@@H](OC(C)=O)[C@@H]4OC(C)=O)[C@@H](OC(C)=O)[C@@H]3OC(C)=O)[C@@H](OC(C)=O)[C@@H]2OC(C)=O)O[C@@H]1CN=[N+]=[N-]. The van der Waals surface area contributed by atoms with Gasteiger partial charge in [-0.2, -0.15) is 0 Å². The topological polar surface area (TPSA) is 592 Å². The van der Waals surface area contributed by atoms with Crippen LogP contribution in [0.4, 0.5) is 0 Å². The molecule has 24 atom stereocenters. The predicted octanol–water partition coefficient (Wildman–Crippen LogP) is -5.39. The van der Waals surface area contributed by atoms with Crippen molar-refractivity contribution in [1.29, 1.82) is 0 Å². The highest BCUT2D eigenvalue weighted by atomic mass is 16.7. The third-order valence-corrected chi connectivity index (χ3v) is 16.1. The summed E-state index contributed by atoms with van der Waals surface area (Å²) in [5.41, 5.74) is 8.96. The molecule has 0 spiro atoms. The summed E-state index contributed by atoms with van der Waals surface area (Å²) in [4.78, 5) is 237. The molecule has 6 aliphatic heterocycles. The Morgan fingerprint density at radius 1 is 0.287 bits per heavy atom. The predicted molar refractivity (Wildman–Crippen MR) is 339 cm³/mol. The van der Waals surface area contributed by atoms with Gasteiger partial charge in [0.15, 0.2) is 110 Å². The molecule has 0 saturated carbocycles. The minimum absolute atomic E-state index is 0.505. The van der Waals surface area contributed by atoms with Gasteiger partial charge in [-0.05, 0) is 19.4 Å². The Hall–Kier alpha value is -10.5. The van der Waals surface area contributed by atoms with Crippen LogP contribution in [0.15, 0.2) is 5.11 Å². The summed E-state index contributed by atoms with van der Waals surface area (Å²) in [5, 5.41) is 15.6. The van der Waals surface area contributed by atoms with Gasteiger partial charge < -0.3 is 117 Å². The molecule has 0 bridgehead atoms. The van der Waals surface area contributed by atoms with E-state index in [1.165, 1.54) is 13.8 Å². The van der Waals surface area contributed by atoms with E-state index in [4.69, 9.17) is 95.5 Å². The van der Waals surface area contributed by atoms with Gasteiger partial charge in [0.05, 0.1) is 12.6 Å². The summed E-state index contributed by atoms with van der Waals surface area (Å²) < 4.78 is 106. The fourth-order valence-electron chi connectivity index (χ4n) is 12.4. The van der Waals surface area contributed by atoms with Crippen LogP contribution in [0.1, 0.15) is 96.9 Å². The summed E-state index contributed by atoms with van der Waals surface area (Å²) in [6.07, 6.45) is -41.5. The van der Waals surface area contributed by atoms with Gasteiger partial charge in [0.25, 0.3) is 29.5 Å². The van der Waals surface area contributed by atoms with Crippen LogP contribution in [0.5, 0.6) is 0 Å². The molecule has 5 N–H and O–H groups in total. The van der Waals surface area contributed by atoms with E-state index in [-0.39, 0.29) is 0 Å². The van der Waals surface area contributed by atoms with Crippen LogP contribution in [-0.2, 0) is 176 Å². The molecule has 0 aromatic rings. The number of amides is 5. The molecular weight excluding hydrogens is 1460 g/mol. The van der Waals surface area contributed by atoms with Crippen LogP contribution in [-0.4, -0.2) is 299 Å². The molecule has 0 aliphatic carbocycles. The minimum atomic E-state index is -1.99. The molecule has 5 amide bonds. The first kappa shape index (κ1) is 86.4. The average molecular weight is 1550 g/mol. The van der Waals surface area contributed by atoms with Crippen LogP contribution in [0.25, 0.3) is 10.4 Å². The maximum Gasteiger partial charge on any atom is 0.339 e. The van der Waals surface area contributed by atoms with Gasteiger partial charge >= 0.3 is 77.6 Å². The maximum atomic E-state index is 14.4. The smallest absolute Gasteiger partial charge is 0.339 e. The van der Waals surface area contributed by atoms with Gasteiger partial charge in [-0.3, -0.25) is 81.5 Å². The van der Waals surface area contributed by atoms with E-state index >= 15 is 0 Å². The zero-order chi connectivity index (χ0) is 80.5. The van der Waals surface area contributed by atoms with Crippen molar-refractivity contribution >= 4 is 107 Å². The van der Waals surface area contributed by atoms with E-state index in [1.54, 1.807) is 0 Å². The van der Waals surface area contributed by atoms with E-state index in [2.05, 4.69) is 36.6 Å². The normalized spacial score (nSPS) is 31.4. The number of azide groups is 1. The van der Waals surface area contributed by atoms with Crippen molar-refractivity contribution in [3.05, 3.63) is 10.4 Å². The van der Waals surface area contributed by atoms with Gasteiger partial charge in [0.1, 0.15) is 36.6 Å². The van der Waals surface area contributed by atoms with Gasteiger partial charge in [-0.15, -0.1) is 0 Å². The standard InChI is InChI=1S/C63H84N8O37/c1-21(2)90-63(89)57-51(102-33(14)83)44(95-26(7)76)38(108-57)19-69-61(87)55-49(100-31(12)81)42(93-24(5)74)36(106-55)17-67-59(85)53-47(98-29(10)79)40(91-22(3)72)34(104-53)15-65-58(84)52-46(97-28(9)78)41(92-23(4)73)35(103-52)16-66-60(86)54-48(99-30(11)80)43(94-25(6)75)37(105-54)18-68-62(88)56-50(101-32(13)82)45(96-27(8)77)39(107-56)20-70-71-64/h21,34-57H,15-20H2,1-14H3,(H,65,84)(H,66,86)(H,67,85)(H,68,88)(H,69,87)/t34-,35-,36-,37-,38-,39-,40-,41-,42-,43-,44-,45-,46+,47+,48+,49+,50+,51+,52-,53-,54-,55-,56-,57-/m1/s1. The molecular formula is C63H84N8O37. The second-order valence-corrected chi connectivity index (χ2v) is 25.1. The van der Waals surface area contributed by atoms with Crippen molar-refractivity contribution in [3.63, 3.8) is 0 Å². The van der Waals surface area contributed by atoms with Crippen LogP contribution >= 0.6 is 0 Å². The van der Waals surface area contributed by atoms with E-state index < -0.39 is 299 Å². The first-order valence-corrected chi connectivity index (χ1v) is 33.3.